The van der Waals surface area contributed by atoms with Crippen LogP contribution in [-0.2, 0) is 90.0 Å². The average Bonchev–Trinajstić information content (AvgIpc) is 0.789. The summed E-state index contributed by atoms with van der Waals surface area (Å²) >= 11 is 0. The zero-order valence-corrected chi connectivity index (χ0v) is 67.6. The van der Waals surface area contributed by atoms with Crippen LogP contribution < -0.4 is 20.0 Å². The second-order valence-electron chi connectivity index (χ2n) is 29.8. The fourth-order valence-corrected chi connectivity index (χ4v) is 15.0. The molecule has 6 aliphatic heterocycles. The Morgan fingerprint density at radius 3 is 0.877 bits per heavy atom. The molecule has 30 nitrogen and oxygen atoms in total. The largest absolute Gasteiger partial charge is 0.342 e. The van der Waals surface area contributed by atoms with Crippen LogP contribution in [0.4, 0.5) is 45.8 Å². The van der Waals surface area contributed by atoms with Crippen molar-refractivity contribution in [3.05, 3.63) is 270 Å². The number of nitrogens with zero attached hydrogens (tertiary/aromatic N) is 11. The van der Waals surface area contributed by atoms with E-state index in [-0.39, 0.29) is 75.2 Å². The van der Waals surface area contributed by atoms with Crippen molar-refractivity contribution in [2.24, 2.45) is 11.8 Å². The number of para-hydroxylation sites is 3. The standard InChI is InChI=1S/C18H16N2O3.C17H14N2O3.C16H24N2O3.C16H12N2O3.C13H14N2O3.C12H12N2O3/c21-16-11-17(22)20(13-15-9-5-2-6-10-15)18(23)19(16)12-14-7-3-1-4-8-14;20-15-11-16(21)19(14-9-5-2-6-10-14)17(22)18(15)12-13-7-3-1-4-8-13;2*19-14-11-15(20)18(13-9-5-2-6-10-13)16(21)17(14)12-7-3-1-4-8-12;1-14-11(16)10(12(17)15(2)13(14)18)8-9-6-4-3-5-7-9;1-14-11(16)9(10(15)13-12(14)17)7-8-5-3-2-4-6-8/h1-10H,11-13H2;1-10H,11-12H2;12-13H,1-11H2;1-10H,11H2;3-7,10H,8H2,1-2H3;2-6,9H,7H2,1H3,(H,13,15,17). The van der Waals surface area contributed by atoms with Crippen LogP contribution in [-0.4, -0.2) is 179 Å². The van der Waals surface area contributed by atoms with Crippen LogP contribution in [0.1, 0.15) is 118 Å². The molecule has 30 heteroatoms. The van der Waals surface area contributed by atoms with Crippen molar-refractivity contribution in [3.8, 4) is 0 Å². The van der Waals surface area contributed by atoms with Gasteiger partial charge < -0.3 is 0 Å². The van der Waals surface area contributed by atoms with Gasteiger partial charge in [0.15, 0.2) is 0 Å². The first kappa shape index (κ1) is 88.2. The Bertz CT molecular complexity index is 5020. The van der Waals surface area contributed by atoms with E-state index in [2.05, 4.69) is 5.32 Å². The van der Waals surface area contributed by atoms with Crippen molar-refractivity contribution < 1.29 is 86.3 Å². The third-order valence-electron chi connectivity index (χ3n) is 21.4. The summed E-state index contributed by atoms with van der Waals surface area (Å²) < 4.78 is 0. The number of hydrogen-bond donors (Lipinski definition) is 1. The average molecular weight is 1650 g/mol. The predicted molar refractivity (Wildman–Crippen MR) is 445 cm³/mol. The number of rotatable bonds is 15. The summed E-state index contributed by atoms with van der Waals surface area (Å²) in [7, 11) is 4.15. The molecule has 1 unspecified atom stereocenters. The van der Waals surface area contributed by atoms with Crippen molar-refractivity contribution in [1.82, 2.24) is 44.5 Å². The number of imide groups is 12. The van der Waals surface area contributed by atoms with Crippen LogP contribution >= 0.6 is 0 Å². The lowest BCUT2D eigenvalue weighted by atomic mass is 9.91. The van der Waals surface area contributed by atoms with Gasteiger partial charge in [-0.1, -0.05) is 245 Å². The molecule has 628 valence electrons. The van der Waals surface area contributed by atoms with Crippen molar-refractivity contribution >= 4 is 124 Å². The maximum atomic E-state index is 12.8. The summed E-state index contributed by atoms with van der Waals surface area (Å²) in [4.78, 5) is 230. The number of barbiturate groups is 6. The molecule has 8 fully saturated rings. The minimum absolute atomic E-state index is 0.0120. The Hall–Kier alpha value is -14.6. The lowest BCUT2D eigenvalue weighted by molar-refractivity contribution is -0.148. The van der Waals surface area contributed by atoms with Gasteiger partial charge in [0.1, 0.15) is 37.5 Å². The minimum atomic E-state index is -0.819. The number of carbonyl (C=O) groups is 18. The molecular formula is C92H92N12O18. The first-order chi connectivity index (χ1) is 58.8. The number of carbonyl (C=O) groups excluding carboxylic acids is 18. The smallest absolute Gasteiger partial charge is 0.277 e. The summed E-state index contributed by atoms with van der Waals surface area (Å²) in [5, 5.41) is 2.16. The molecule has 0 radical (unpaired) electrons. The van der Waals surface area contributed by atoms with Gasteiger partial charge in [0.2, 0.25) is 70.9 Å². The van der Waals surface area contributed by atoms with E-state index in [1.807, 2.05) is 152 Å². The van der Waals surface area contributed by atoms with E-state index in [1.165, 1.54) is 43.8 Å². The Kier molecular flexibility index (Phi) is 30.2. The van der Waals surface area contributed by atoms with E-state index in [0.717, 1.165) is 123 Å². The van der Waals surface area contributed by atoms with Crippen LogP contribution in [0.15, 0.2) is 243 Å². The van der Waals surface area contributed by atoms with E-state index in [1.54, 1.807) is 91.0 Å². The van der Waals surface area contributed by atoms with Crippen LogP contribution in [0.2, 0.25) is 0 Å². The number of hydrogen-bond acceptors (Lipinski definition) is 18. The molecule has 8 aromatic rings. The van der Waals surface area contributed by atoms with E-state index in [0.29, 0.717) is 29.9 Å². The SMILES string of the molecule is CN1C(=O)C(Cc2ccccc2)C(=O)N(C)C1=O.CN1C(=O)NC(=O)C(Cc2ccccc2)C1=O.O=C1CC(=O)N(C2CCCCC2)C(=O)N1C1CCCCC1.O=C1CC(=O)N(Cc2ccccc2)C(=O)N1Cc1ccccc1.O=C1CC(=O)N(c2ccccc2)C(=O)N1Cc1ccccc1.O=C1CC(=O)N(c2ccccc2)C(=O)N1c1ccccc1. The minimum Gasteiger partial charge on any atom is -0.277 e. The molecule has 16 rings (SSSR count). The fourth-order valence-electron chi connectivity index (χ4n) is 15.0. The molecular weight excluding hydrogens is 1560 g/mol. The normalized spacial score (nSPS) is 18.3. The van der Waals surface area contributed by atoms with Crippen LogP contribution in [0.5, 0.6) is 0 Å². The number of anilines is 3. The second-order valence-corrected chi connectivity index (χ2v) is 29.8. The second kappa shape index (κ2) is 41.7. The first-order valence-corrected chi connectivity index (χ1v) is 40.1. The van der Waals surface area contributed by atoms with Crippen molar-refractivity contribution in [2.75, 3.05) is 35.8 Å². The van der Waals surface area contributed by atoms with Crippen molar-refractivity contribution in [3.63, 3.8) is 0 Å². The molecule has 2 saturated carbocycles. The predicted octanol–water partition coefficient (Wildman–Crippen LogP) is 12.0. The van der Waals surface area contributed by atoms with Gasteiger partial charge in [-0.05, 0) is 103 Å². The quantitative estimate of drug-likeness (QED) is 0.0932. The monoisotopic (exact) mass is 1650 g/mol. The highest BCUT2D eigenvalue weighted by molar-refractivity contribution is 6.35. The highest BCUT2D eigenvalue weighted by Crippen LogP contribution is 2.33. The summed E-state index contributed by atoms with van der Waals surface area (Å²) in [5.41, 5.74) is 5.73. The molecule has 0 aromatic heterocycles. The van der Waals surface area contributed by atoms with E-state index < -0.39 is 101 Å². The van der Waals surface area contributed by atoms with Gasteiger partial charge in [-0.15, -0.1) is 0 Å². The molecule has 1 atom stereocenters. The zero-order valence-electron chi connectivity index (χ0n) is 67.6. The number of nitrogens with one attached hydrogen (secondary N) is 1. The molecule has 122 heavy (non-hydrogen) atoms. The summed E-state index contributed by atoms with van der Waals surface area (Å²) in [5.74, 6) is -6.94. The highest BCUT2D eigenvalue weighted by atomic mass is 16.2. The molecule has 0 spiro atoms. The number of amides is 24. The topological polar surface area (TPSA) is 355 Å². The first-order valence-electron chi connectivity index (χ1n) is 40.1. The van der Waals surface area contributed by atoms with Crippen LogP contribution in [0.25, 0.3) is 0 Å². The van der Waals surface area contributed by atoms with Gasteiger partial charge in [0, 0.05) is 33.2 Å². The van der Waals surface area contributed by atoms with Crippen LogP contribution in [0, 0.1) is 11.8 Å². The van der Waals surface area contributed by atoms with Gasteiger partial charge in [0.25, 0.3) is 0 Å². The van der Waals surface area contributed by atoms with E-state index in [4.69, 9.17) is 0 Å². The third-order valence-corrected chi connectivity index (χ3v) is 21.4. The lowest BCUT2D eigenvalue weighted by Crippen LogP contribution is -2.61. The van der Waals surface area contributed by atoms with Crippen LogP contribution in [0.3, 0.4) is 0 Å². The van der Waals surface area contributed by atoms with Gasteiger partial charge >= 0.3 is 36.2 Å². The number of urea groups is 6. The van der Waals surface area contributed by atoms with Gasteiger partial charge in [-0.3, -0.25) is 102 Å². The summed E-state index contributed by atoms with van der Waals surface area (Å²) in [6, 6.07) is 68.7. The zero-order chi connectivity index (χ0) is 87.1. The van der Waals surface area contributed by atoms with Gasteiger partial charge in [-0.2, -0.15) is 0 Å². The molecule has 8 aromatic carbocycles. The Morgan fingerprint density at radius 2 is 0.533 bits per heavy atom. The highest BCUT2D eigenvalue weighted by Gasteiger charge is 2.47. The summed E-state index contributed by atoms with van der Waals surface area (Å²) in [6.07, 6.45) is 9.81. The van der Waals surface area contributed by atoms with Gasteiger partial charge in [-0.25, -0.2) is 43.5 Å². The van der Waals surface area contributed by atoms with E-state index in [9.17, 15) is 86.3 Å². The molecule has 24 amide bonds. The Labute approximate surface area is 704 Å². The molecule has 6 heterocycles. The number of benzene rings is 8. The fraction of sp³-hybridized carbons (Fsp3) is 0.283. The summed E-state index contributed by atoms with van der Waals surface area (Å²) in [6.45, 7) is 0.517. The molecule has 1 N–H and O–H groups in total. The van der Waals surface area contributed by atoms with Crippen molar-refractivity contribution in [2.45, 2.75) is 134 Å². The van der Waals surface area contributed by atoms with Gasteiger partial charge in [0.05, 0.1) is 36.7 Å². The maximum absolute atomic E-state index is 12.8. The maximum Gasteiger partial charge on any atom is 0.342 e. The lowest BCUT2D eigenvalue weighted by Gasteiger charge is -2.42. The third kappa shape index (κ3) is 21.8. The Balaban J connectivity index is 0.000000143. The Morgan fingerprint density at radius 1 is 0.262 bits per heavy atom. The molecule has 6 saturated heterocycles. The molecule has 0 bridgehead atoms. The molecule has 2 aliphatic carbocycles. The van der Waals surface area contributed by atoms with E-state index >= 15 is 0 Å². The van der Waals surface area contributed by atoms with Crippen molar-refractivity contribution in [1.29, 1.82) is 0 Å². The molecule has 8 aliphatic rings.